The van der Waals surface area contributed by atoms with Crippen LogP contribution in [0.5, 0.6) is 0 Å². The lowest BCUT2D eigenvalue weighted by atomic mass is 10.1. The van der Waals surface area contributed by atoms with Gasteiger partial charge in [0.1, 0.15) is 12.1 Å². The van der Waals surface area contributed by atoms with E-state index in [4.69, 9.17) is 15.2 Å². The summed E-state index contributed by atoms with van der Waals surface area (Å²) in [6.45, 7) is 6.87. The fourth-order valence-corrected chi connectivity index (χ4v) is 1.72. The van der Waals surface area contributed by atoms with Crippen molar-refractivity contribution in [2.45, 2.75) is 64.8 Å². The van der Waals surface area contributed by atoms with Gasteiger partial charge in [0.15, 0.2) is 0 Å². The third-order valence-electron chi connectivity index (χ3n) is 2.49. The van der Waals surface area contributed by atoms with Gasteiger partial charge in [0.25, 0.3) is 0 Å². The maximum absolute atomic E-state index is 11.8. The Morgan fingerprint density at radius 2 is 1.55 bits per heavy atom. The number of thiol groups is 1. The molecular formula is C14H26N2O5S. The molecule has 1 amide bonds. The zero-order valence-corrected chi connectivity index (χ0v) is 14.4. The molecule has 22 heavy (non-hydrogen) atoms. The van der Waals surface area contributed by atoms with Gasteiger partial charge in [0.05, 0.1) is 12.2 Å². The van der Waals surface area contributed by atoms with Crippen molar-refractivity contribution in [3.63, 3.8) is 0 Å². The Hall–Kier alpha value is -1.28. The van der Waals surface area contributed by atoms with Gasteiger partial charge in [0, 0.05) is 12.2 Å². The van der Waals surface area contributed by atoms with E-state index in [9.17, 15) is 14.4 Å². The minimum Gasteiger partial charge on any atom is -0.462 e. The lowest BCUT2D eigenvalue weighted by Gasteiger charge is -2.18. The number of amides is 1. The van der Waals surface area contributed by atoms with Crippen LogP contribution in [0.15, 0.2) is 0 Å². The zero-order valence-electron chi connectivity index (χ0n) is 13.5. The molecule has 0 spiro atoms. The zero-order chi connectivity index (χ0) is 17.3. The van der Waals surface area contributed by atoms with Crippen LogP contribution in [0.2, 0.25) is 0 Å². The van der Waals surface area contributed by atoms with E-state index in [1.54, 1.807) is 27.7 Å². The number of ether oxygens (including phenoxy) is 2. The van der Waals surface area contributed by atoms with Crippen molar-refractivity contribution in [2.24, 2.45) is 5.73 Å². The summed E-state index contributed by atoms with van der Waals surface area (Å²) >= 11 is 4.02. The number of carbonyl (C=O) groups excluding carboxylic acids is 3. The molecule has 0 saturated carbocycles. The van der Waals surface area contributed by atoms with Crippen molar-refractivity contribution in [1.82, 2.24) is 5.32 Å². The lowest BCUT2D eigenvalue weighted by molar-refractivity contribution is -0.151. The van der Waals surface area contributed by atoms with Crippen molar-refractivity contribution >= 4 is 30.5 Å². The van der Waals surface area contributed by atoms with Crippen LogP contribution in [0.3, 0.4) is 0 Å². The van der Waals surface area contributed by atoms with Crippen molar-refractivity contribution in [3.8, 4) is 0 Å². The number of hydrogen-bond donors (Lipinski definition) is 3. The van der Waals surface area contributed by atoms with Gasteiger partial charge in [-0.25, -0.2) is 4.79 Å². The molecule has 3 N–H and O–H groups in total. The first-order valence-corrected chi connectivity index (χ1v) is 7.87. The smallest absolute Gasteiger partial charge is 0.329 e. The largest absolute Gasteiger partial charge is 0.462 e. The van der Waals surface area contributed by atoms with Crippen LogP contribution >= 0.6 is 12.6 Å². The van der Waals surface area contributed by atoms with Crippen LogP contribution in [0.4, 0.5) is 0 Å². The second-order valence-electron chi connectivity index (χ2n) is 5.42. The number of nitrogens with two attached hydrogens (primary N) is 1. The van der Waals surface area contributed by atoms with Gasteiger partial charge in [-0.3, -0.25) is 9.59 Å². The normalized spacial score (nSPS) is 13.6. The maximum atomic E-state index is 11.8. The number of esters is 2. The molecule has 0 radical (unpaired) electrons. The predicted octanol–water partition coefficient (Wildman–Crippen LogP) is 0.412. The fourth-order valence-electron chi connectivity index (χ4n) is 1.48. The number of rotatable bonds is 9. The molecule has 0 aliphatic rings. The average molecular weight is 334 g/mol. The van der Waals surface area contributed by atoms with E-state index in [0.717, 1.165) is 0 Å². The Morgan fingerprint density at radius 1 is 1.05 bits per heavy atom. The first-order chi connectivity index (χ1) is 10.2. The number of hydrogen-bond acceptors (Lipinski definition) is 7. The Kier molecular flexibility index (Phi) is 9.84. The number of carbonyl (C=O) groups is 3. The van der Waals surface area contributed by atoms with E-state index >= 15 is 0 Å². The van der Waals surface area contributed by atoms with E-state index < -0.39 is 29.9 Å². The minimum atomic E-state index is -0.870. The maximum Gasteiger partial charge on any atom is 0.329 e. The van der Waals surface area contributed by atoms with Crippen molar-refractivity contribution in [1.29, 1.82) is 0 Å². The molecule has 0 aliphatic heterocycles. The van der Waals surface area contributed by atoms with Crippen LogP contribution in [-0.4, -0.2) is 47.9 Å². The van der Waals surface area contributed by atoms with Crippen molar-refractivity contribution < 1.29 is 23.9 Å². The quantitative estimate of drug-likeness (QED) is 0.416. The fraction of sp³-hybridized carbons (Fsp3) is 0.786. The highest BCUT2D eigenvalue weighted by atomic mass is 32.1. The summed E-state index contributed by atoms with van der Waals surface area (Å²) in [6, 6.07) is -1.69. The molecule has 2 atom stereocenters. The topological polar surface area (TPSA) is 108 Å². The molecule has 0 rings (SSSR count). The monoisotopic (exact) mass is 334 g/mol. The second-order valence-corrected chi connectivity index (χ2v) is 5.78. The Morgan fingerprint density at radius 3 is 2.00 bits per heavy atom. The molecule has 128 valence electrons. The summed E-state index contributed by atoms with van der Waals surface area (Å²) < 4.78 is 9.96. The first kappa shape index (κ1) is 20.7. The highest BCUT2D eigenvalue weighted by Gasteiger charge is 2.23. The molecule has 0 fully saturated rings. The summed E-state index contributed by atoms with van der Waals surface area (Å²) in [5.41, 5.74) is 5.64. The molecule has 0 aromatic rings. The highest BCUT2D eigenvalue weighted by molar-refractivity contribution is 7.80. The van der Waals surface area contributed by atoms with Gasteiger partial charge < -0.3 is 20.5 Å². The number of nitrogens with one attached hydrogen (secondary N) is 1. The molecule has 0 aromatic heterocycles. The average Bonchev–Trinajstić information content (AvgIpc) is 2.40. The Bertz CT molecular complexity index is 387. The summed E-state index contributed by atoms with van der Waals surface area (Å²) in [5, 5.41) is 2.51. The van der Waals surface area contributed by atoms with Gasteiger partial charge in [-0.1, -0.05) is 0 Å². The Balaban J connectivity index is 4.26. The summed E-state index contributed by atoms with van der Waals surface area (Å²) in [7, 11) is 0. The highest BCUT2D eigenvalue weighted by Crippen LogP contribution is 2.02. The van der Waals surface area contributed by atoms with Crippen molar-refractivity contribution in [2.75, 3.05) is 5.75 Å². The molecule has 7 nitrogen and oxygen atoms in total. The van der Waals surface area contributed by atoms with Gasteiger partial charge in [-0.05, 0) is 34.1 Å². The lowest BCUT2D eigenvalue weighted by Crippen LogP contribution is -2.44. The van der Waals surface area contributed by atoms with Crippen LogP contribution in [0, 0.1) is 0 Å². The van der Waals surface area contributed by atoms with E-state index in [1.807, 2.05) is 0 Å². The third-order valence-corrected chi connectivity index (χ3v) is 2.86. The van der Waals surface area contributed by atoms with Gasteiger partial charge in [0.2, 0.25) is 5.91 Å². The molecule has 8 heteroatoms. The van der Waals surface area contributed by atoms with Crippen LogP contribution in [-0.2, 0) is 23.9 Å². The van der Waals surface area contributed by atoms with Crippen LogP contribution in [0.1, 0.15) is 40.5 Å². The molecule has 1 unspecified atom stereocenters. The third kappa shape index (κ3) is 8.89. The SMILES string of the molecule is CC(C)OC(=O)C(N)CCC(=O)N[C@@H](CS)C(=O)OC(C)C. The summed E-state index contributed by atoms with van der Waals surface area (Å²) in [5.74, 6) is -1.36. The van der Waals surface area contributed by atoms with Crippen LogP contribution in [0.25, 0.3) is 0 Å². The standard InChI is InChI=1S/C14H26N2O5S/c1-8(2)20-13(18)10(15)5-6-12(17)16-11(7-22)14(19)21-9(3)4/h8-11,22H,5-7,15H2,1-4H3,(H,16,17)/t10?,11-/m0/s1. The molecule has 0 heterocycles. The minimum absolute atomic E-state index is 0.00754. The Labute approximate surface area is 136 Å². The second kappa shape index (κ2) is 10.4. The van der Waals surface area contributed by atoms with Gasteiger partial charge in [-0.2, -0.15) is 12.6 Å². The van der Waals surface area contributed by atoms with Gasteiger partial charge in [-0.15, -0.1) is 0 Å². The summed E-state index contributed by atoms with van der Waals surface area (Å²) in [6.07, 6.45) is -0.387. The first-order valence-electron chi connectivity index (χ1n) is 7.24. The van der Waals surface area contributed by atoms with Crippen LogP contribution < -0.4 is 11.1 Å². The van der Waals surface area contributed by atoms with E-state index in [1.165, 1.54) is 0 Å². The predicted molar refractivity (Wildman–Crippen MR) is 85.4 cm³/mol. The molecule has 0 aromatic carbocycles. The molecule has 0 bridgehead atoms. The van der Waals surface area contributed by atoms with E-state index in [0.29, 0.717) is 0 Å². The molecule has 0 saturated heterocycles. The molecule has 0 aliphatic carbocycles. The molecular weight excluding hydrogens is 308 g/mol. The summed E-state index contributed by atoms with van der Waals surface area (Å²) in [4.78, 5) is 35.0. The van der Waals surface area contributed by atoms with Crippen molar-refractivity contribution in [3.05, 3.63) is 0 Å². The van der Waals surface area contributed by atoms with E-state index in [2.05, 4.69) is 17.9 Å². The van der Waals surface area contributed by atoms with E-state index in [-0.39, 0.29) is 30.8 Å². The van der Waals surface area contributed by atoms with Gasteiger partial charge >= 0.3 is 11.9 Å².